The van der Waals surface area contributed by atoms with E-state index in [1.54, 1.807) is 6.92 Å². The van der Waals surface area contributed by atoms with Crippen LogP contribution in [0.4, 0.5) is 0 Å². The molecule has 0 aliphatic heterocycles. The highest BCUT2D eigenvalue weighted by molar-refractivity contribution is 7.81. The maximum atomic E-state index is 9.97. The maximum Gasteiger partial charge on any atom is 0.321 e. The molecule has 0 radical (unpaired) electrons. The van der Waals surface area contributed by atoms with Gasteiger partial charge in [-0.1, -0.05) is 6.92 Å². The molecule has 8 heavy (non-hydrogen) atoms. The van der Waals surface area contributed by atoms with Crippen LogP contribution < -0.4 is 5.73 Å². The van der Waals surface area contributed by atoms with Gasteiger partial charge in [-0.3, -0.25) is 4.79 Å². The van der Waals surface area contributed by atoms with Gasteiger partial charge in [0.2, 0.25) is 0 Å². The molecule has 0 fully saturated rings. The Morgan fingerprint density at radius 3 is 2.25 bits per heavy atom. The van der Waals surface area contributed by atoms with E-state index in [9.17, 15) is 4.79 Å². The molecule has 0 aromatic heterocycles. The molecular formula is C4H9NO2S. The van der Waals surface area contributed by atoms with Gasteiger partial charge >= 0.3 is 5.97 Å². The molecule has 0 amide bonds. The molecule has 0 aliphatic rings. The predicted octanol–water partition coefficient (Wildman–Crippen LogP) is -0.283. The fourth-order valence-corrected chi connectivity index (χ4v) is 0.334. The van der Waals surface area contributed by atoms with Crippen LogP contribution >= 0.6 is 12.6 Å². The number of nitrogens with two attached hydrogens (primary N) is 1. The van der Waals surface area contributed by atoms with Crippen molar-refractivity contribution in [2.45, 2.75) is 18.2 Å². The van der Waals surface area contributed by atoms with Gasteiger partial charge in [0.1, 0.15) is 6.04 Å². The van der Waals surface area contributed by atoms with Gasteiger partial charge in [-0.25, -0.2) is 0 Å². The molecule has 0 saturated carbocycles. The topological polar surface area (TPSA) is 63.3 Å². The summed E-state index contributed by atoms with van der Waals surface area (Å²) in [5, 5.41) is 7.89. The minimum atomic E-state index is -1.01. The summed E-state index contributed by atoms with van der Waals surface area (Å²) in [7, 11) is 0. The van der Waals surface area contributed by atoms with Crippen molar-refractivity contribution in [1.82, 2.24) is 0 Å². The highest BCUT2D eigenvalue weighted by Crippen LogP contribution is 1.96. The average molecular weight is 135 g/mol. The normalized spacial score (nSPS) is 17.4. The van der Waals surface area contributed by atoms with Crippen LogP contribution in [0.5, 0.6) is 0 Å². The number of hydrogen-bond acceptors (Lipinski definition) is 3. The van der Waals surface area contributed by atoms with Crippen molar-refractivity contribution < 1.29 is 9.90 Å². The van der Waals surface area contributed by atoms with Crippen molar-refractivity contribution in [3.63, 3.8) is 0 Å². The third kappa shape index (κ3) is 2.18. The highest BCUT2D eigenvalue weighted by atomic mass is 32.1. The summed E-state index contributed by atoms with van der Waals surface area (Å²) in [4.78, 5) is 9.97. The Bertz CT molecular complexity index is 94.0. The van der Waals surface area contributed by atoms with E-state index < -0.39 is 12.0 Å². The lowest BCUT2D eigenvalue weighted by atomic mass is 10.2. The molecule has 0 aromatic carbocycles. The molecule has 0 aliphatic carbocycles. The largest absolute Gasteiger partial charge is 0.480 e. The number of hydrogen-bond donors (Lipinski definition) is 3. The second-order valence-electron chi connectivity index (χ2n) is 1.60. The van der Waals surface area contributed by atoms with Gasteiger partial charge < -0.3 is 10.8 Å². The van der Waals surface area contributed by atoms with Crippen molar-refractivity contribution in [1.29, 1.82) is 0 Å². The van der Waals surface area contributed by atoms with Gasteiger partial charge in [0.25, 0.3) is 0 Å². The molecule has 0 spiro atoms. The van der Waals surface area contributed by atoms with E-state index in [1.165, 1.54) is 0 Å². The smallest absolute Gasteiger partial charge is 0.321 e. The summed E-state index contributed by atoms with van der Waals surface area (Å²) in [5.74, 6) is -1.01. The fourth-order valence-electron chi connectivity index (χ4n) is 0.206. The van der Waals surface area contributed by atoms with Gasteiger partial charge in [-0.2, -0.15) is 12.6 Å². The highest BCUT2D eigenvalue weighted by Gasteiger charge is 2.15. The van der Waals surface area contributed by atoms with E-state index in [0.717, 1.165) is 0 Å². The van der Waals surface area contributed by atoms with Crippen LogP contribution in [0.2, 0.25) is 0 Å². The van der Waals surface area contributed by atoms with E-state index in [4.69, 9.17) is 10.8 Å². The lowest BCUT2D eigenvalue weighted by molar-refractivity contribution is -0.138. The van der Waals surface area contributed by atoms with Crippen molar-refractivity contribution in [3.05, 3.63) is 0 Å². The standard InChI is InChI=1S/C4H9NO2S/c1-2(8)3(5)4(6)7/h2-3,8H,5H2,1H3,(H,6,7)/t2-,3-/m1/s1. The first-order valence-corrected chi connectivity index (χ1v) is 2.74. The molecule has 3 N–H and O–H groups in total. The van der Waals surface area contributed by atoms with Crippen LogP contribution in [0.25, 0.3) is 0 Å². The van der Waals surface area contributed by atoms with Crippen molar-refractivity contribution in [2.75, 3.05) is 0 Å². The number of aliphatic carboxylic acids is 1. The third-order valence-electron chi connectivity index (χ3n) is 0.805. The van der Waals surface area contributed by atoms with Gasteiger partial charge in [0.15, 0.2) is 0 Å². The molecule has 0 aromatic rings. The zero-order valence-corrected chi connectivity index (χ0v) is 5.43. The molecule has 48 valence electrons. The SMILES string of the molecule is C[C@@H](S)[C@@H](N)C(=O)O. The average Bonchev–Trinajstić information content (AvgIpc) is 1.64. The van der Waals surface area contributed by atoms with Gasteiger partial charge in [-0.05, 0) is 0 Å². The summed E-state index contributed by atoms with van der Waals surface area (Å²) in [6, 6.07) is -0.849. The maximum absolute atomic E-state index is 9.97. The quantitative estimate of drug-likeness (QED) is 0.456. The number of carboxylic acids is 1. The van der Waals surface area contributed by atoms with E-state index in [2.05, 4.69) is 12.6 Å². The molecule has 0 unspecified atom stereocenters. The molecule has 4 heteroatoms. The summed E-state index contributed by atoms with van der Waals surface area (Å²) in [6.45, 7) is 1.64. The first-order chi connectivity index (χ1) is 3.55. The van der Waals surface area contributed by atoms with Crippen LogP contribution in [0.15, 0.2) is 0 Å². The number of rotatable bonds is 2. The Balaban J connectivity index is 3.64. The minimum Gasteiger partial charge on any atom is -0.480 e. The van der Waals surface area contributed by atoms with E-state index in [-0.39, 0.29) is 5.25 Å². The zero-order valence-electron chi connectivity index (χ0n) is 4.53. The van der Waals surface area contributed by atoms with Gasteiger partial charge in [0.05, 0.1) is 0 Å². The molecule has 0 rings (SSSR count). The fraction of sp³-hybridized carbons (Fsp3) is 0.750. The Morgan fingerprint density at radius 1 is 1.88 bits per heavy atom. The predicted molar refractivity (Wildman–Crippen MR) is 34.1 cm³/mol. The monoisotopic (exact) mass is 135 g/mol. The van der Waals surface area contributed by atoms with Crippen LogP contribution in [-0.2, 0) is 4.79 Å². The third-order valence-corrected chi connectivity index (χ3v) is 1.13. The Labute approximate surface area is 53.3 Å². The van der Waals surface area contributed by atoms with Crippen LogP contribution in [0.1, 0.15) is 6.92 Å². The summed E-state index contributed by atoms with van der Waals surface area (Å²) in [5.41, 5.74) is 5.08. The second-order valence-corrected chi connectivity index (χ2v) is 2.42. The summed E-state index contributed by atoms with van der Waals surface area (Å²) >= 11 is 3.83. The molecule has 0 saturated heterocycles. The first-order valence-electron chi connectivity index (χ1n) is 2.22. The van der Waals surface area contributed by atoms with Crippen LogP contribution in [-0.4, -0.2) is 22.4 Å². The molecule has 0 heterocycles. The van der Waals surface area contributed by atoms with E-state index in [1.807, 2.05) is 0 Å². The van der Waals surface area contributed by atoms with Crippen molar-refractivity contribution in [2.24, 2.45) is 5.73 Å². The van der Waals surface area contributed by atoms with Crippen molar-refractivity contribution >= 4 is 18.6 Å². The van der Waals surface area contributed by atoms with E-state index >= 15 is 0 Å². The number of carboxylic acid groups (broad SMARTS) is 1. The van der Waals surface area contributed by atoms with Gasteiger partial charge in [-0.15, -0.1) is 0 Å². The number of thiol groups is 1. The summed E-state index contributed by atoms with van der Waals surface area (Å²) in [6.07, 6.45) is 0. The lowest BCUT2D eigenvalue weighted by Gasteiger charge is -2.07. The molecule has 0 bridgehead atoms. The van der Waals surface area contributed by atoms with Crippen molar-refractivity contribution in [3.8, 4) is 0 Å². The first kappa shape index (κ1) is 7.78. The second kappa shape index (κ2) is 2.94. The Hall–Kier alpha value is -0.220. The van der Waals surface area contributed by atoms with E-state index in [0.29, 0.717) is 0 Å². The molecule has 3 nitrogen and oxygen atoms in total. The van der Waals surface area contributed by atoms with Gasteiger partial charge in [0, 0.05) is 5.25 Å². The lowest BCUT2D eigenvalue weighted by Crippen LogP contribution is -2.37. The van der Waals surface area contributed by atoms with Crippen LogP contribution in [0, 0.1) is 0 Å². The van der Waals surface area contributed by atoms with Crippen LogP contribution in [0.3, 0.4) is 0 Å². The zero-order chi connectivity index (χ0) is 6.73. The Morgan fingerprint density at radius 2 is 2.25 bits per heavy atom. The molecular weight excluding hydrogens is 126 g/mol. The minimum absolute atomic E-state index is 0.285. The number of carbonyl (C=O) groups is 1. The Kier molecular flexibility index (Phi) is 2.86. The summed E-state index contributed by atoms with van der Waals surface area (Å²) < 4.78 is 0. The molecule has 2 atom stereocenters.